The van der Waals surface area contributed by atoms with Crippen LogP contribution in [0.3, 0.4) is 0 Å². The van der Waals surface area contributed by atoms with E-state index in [4.69, 9.17) is 14.2 Å². The summed E-state index contributed by atoms with van der Waals surface area (Å²) in [6.07, 6.45) is 82.9. The number of carbonyl (C=O) groups is 3. The molecule has 0 saturated heterocycles. The molecule has 0 saturated carbocycles. The van der Waals surface area contributed by atoms with Crippen LogP contribution in [0.25, 0.3) is 0 Å². The first-order chi connectivity index (χ1) is 38.0. The summed E-state index contributed by atoms with van der Waals surface area (Å²) in [7, 11) is 0. The molecule has 0 aliphatic rings. The molecular formula is C71H130O6. The number of allylic oxidation sites excluding steroid dienone is 8. The summed E-state index contributed by atoms with van der Waals surface area (Å²) >= 11 is 0. The Balaban J connectivity index is 4.18. The van der Waals surface area contributed by atoms with Gasteiger partial charge in [0.2, 0.25) is 0 Å². The molecule has 1 atom stereocenters. The first kappa shape index (κ1) is 74.4. The first-order valence-electron chi connectivity index (χ1n) is 34.1. The molecule has 0 aliphatic heterocycles. The lowest BCUT2D eigenvalue weighted by Gasteiger charge is -2.18. The molecule has 0 aliphatic carbocycles. The van der Waals surface area contributed by atoms with E-state index in [1.165, 1.54) is 244 Å². The van der Waals surface area contributed by atoms with Gasteiger partial charge in [-0.2, -0.15) is 0 Å². The van der Waals surface area contributed by atoms with Crippen molar-refractivity contribution < 1.29 is 28.6 Å². The van der Waals surface area contributed by atoms with Gasteiger partial charge in [-0.1, -0.05) is 320 Å². The minimum absolute atomic E-state index is 0.0778. The maximum atomic E-state index is 12.9. The highest BCUT2D eigenvalue weighted by Crippen LogP contribution is 2.18. The third kappa shape index (κ3) is 64.1. The summed E-state index contributed by atoms with van der Waals surface area (Å²) < 4.78 is 16.9. The van der Waals surface area contributed by atoms with Gasteiger partial charge in [-0.25, -0.2) is 0 Å². The Bertz CT molecular complexity index is 1330. The van der Waals surface area contributed by atoms with Crippen molar-refractivity contribution in [2.45, 2.75) is 374 Å². The number of hydrogen-bond acceptors (Lipinski definition) is 6. The number of esters is 3. The normalized spacial score (nSPS) is 12.3. The maximum absolute atomic E-state index is 12.9. The fourth-order valence-corrected chi connectivity index (χ4v) is 10.2. The van der Waals surface area contributed by atoms with E-state index in [1.807, 2.05) is 0 Å². The summed E-state index contributed by atoms with van der Waals surface area (Å²) in [5.74, 6) is -0.885. The van der Waals surface area contributed by atoms with Crippen molar-refractivity contribution in [1.29, 1.82) is 0 Å². The maximum Gasteiger partial charge on any atom is 0.306 e. The zero-order valence-corrected chi connectivity index (χ0v) is 51.7. The molecule has 0 aromatic carbocycles. The second-order valence-electron chi connectivity index (χ2n) is 23.1. The van der Waals surface area contributed by atoms with Gasteiger partial charge in [-0.05, 0) is 77.0 Å². The molecule has 1 unspecified atom stereocenters. The molecule has 0 amide bonds. The van der Waals surface area contributed by atoms with Crippen LogP contribution in [0.4, 0.5) is 0 Å². The smallest absolute Gasteiger partial charge is 0.306 e. The minimum Gasteiger partial charge on any atom is -0.462 e. The van der Waals surface area contributed by atoms with Gasteiger partial charge in [-0.3, -0.25) is 14.4 Å². The number of unbranched alkanes of at least 4 members (excludes halogenated alkanes) is 44. The van der Waals surface area contributed by atoms with Crippen LogP contribution < -0.4 is 0 Å². The van der Waals surface area contributed by atoms with E-state index in [2.05, 4.69) is 69.4 Å². The molecule has 450 valence electrons. The Labute approximate surface area is 479 Å². The topological polar surface area (TPSA) is 78.9 Å². The van der Waals surface area contributed by atoms with E-state index in [-0.39, 0.29) is 31.1 Å². The highest BCUT2D eigenvalue weighted by molar-refractivity contribution is 5.71. The van der Waals surface area contributed by atoms with Gasteiger partial charge in [0.15, 0.2) is 6.10 Å². The van der Waals surface area contributed by atoms with Crippen LogP contribution in [0.15, 0.2) is 48.6 Å². The minimum atomic E-state index is -0.783. The summed E-state index contributed by atoms with van der Waals surface area (Å²) in [5.41, 5.74) is 0. The zero-order valence-electron chi connectivity index (χ0n) is 51.7. The lowest BCUT2D eigenvalue weighted by Crippen LogP contribution is -2.30. The fraction of sp³-hybridized carbons (Fsp3) is 0.845. The molecular weight excluding hydrogens is 949 g/mol. The Morgan fingerprint density at radius 1 is 0.273 bits per heavy atom. The van der Waals surface area contributed by atoms with Crippen molar-refractivity contribution in [3.05, 3.63) is 48.6 Å². The number of ether oxygens (including phenoxy) is 3. The van der Waals surface area contributed by atoms with Crippen LogP contribution in [0.1, 0.15) is 367 Å². The van der Waals surface area contributed by atoms with E-state index in [0.29, 0.717) is 19.3 Å². The molecule has 0 aromatic rings. The van der Waals surface area contributed by atoms with Gasteiger partial charge < -0.3 is 14.2 Å². The third-order valence-electron chi connectivity index (χ3n) is 15.3. The number of hydrogen-bond donors (Lipinski definition) is 0. The molecule has 0 rings (SSSR count). The summed E-state index contributed by atoms with van der Waals surface area (Å²) in [6, 6.07) is 0. The van der Waals surface area contributed by atoms with Crippen LogP contribution in [0.5, 0.6) is 0 Å². The molecule has 0 aromatic heterocycles. The van der Waals surface area contributed by atoms with Crippen molar-refractivity contribution in [2.75, 3.05) is 13.2 Å². The Hall–Kier alpha value is -2.63. The van der Waals surface area contributed by atoms with E-state index >= 15 is 0 Å². The Morgan fingerprint density at radius 3 is 0.818 bits per heavy atom. The summed E-state index contributed by atoms with van der Waals surface area (Å²) in [5, 5.41) is 0. The van der Waals surface area contributed by atoms with Gasteiger partial charge in [0.25, 0.3) is 0 Å². The lowest BCUT2D eigenvalue weighted by atomic mass is 10.0. The van der Waals surface area contributed by atoms with E-state index < -0.39 is 6.10 Å². The molecule has 0 fully saturated rings. The van der Waals surface area contributed by atoms with E-state index in [1.54, 1.807) is 0 Å². The molecule has 0 spiro atoms. The van der Waals surface area contributed by atoms with Gasteiger partial charge in [0.05, 0.1) is 0 Å². The second-order valence-corrected chi connectivity index (χ2v) is 23.1. The highest BCUT2D eigenvalue weighted by Gasteiger charge is 2.19. The predicted octanol–water partition coefficient (Wildman–Crippen LogP) is 23.3. The van der Waals surface area contributed by atoms with Crippen molar-refractivity contribution in [1.82, 2.24) is 0 Å². The second kappa shape index (κ2) is 65.9. The third-order valence-corrected chi connectivity index (χ3v) is 15.3. The monoisotopic (exact) mass is 1080 g/mol. The van der Waals surface area contributed by atoms with Crippen LogP contribution in [0.2, 0.25) is 0 Å². The molecule has 0 N–H and O–H groups in total. The van der Waals surface area contributed by atoms with Crippen LogP contribution in [-0.2, 0) is 28.6 Å². The SMILES string of the molecule is CC/C=C\C/C=C\C/C=C\CCCCCC(=O)OCC(COC(=O)CCCCCCCCCCCCCCCCCCC/C=C\CCCCCCCCCC)OC(=O)CCCCCCCCCCCCCCCCCCC. The largest absolute Gasteiger partial charge is 0.462 e. The van der Waals surface area contributed by atoms with Crippen molar-refractivity contribution in [3.8, 4) is 0 Å². The van der Waals surface area contributed by atoms with Gasteiger partial charge >= 0.3 is 17.9 Å². The highest BCUT2D eigenvalue weighted by atomic mass is 16.6. The quantitative estimate of drug-likeness (QED) is 0.0261. The molecule has 0 bridgehead atoms. The predicted molar refractivity (Wildman–Crippen MR) is 335 cm³/mol. The van der Waals surface area contributed by atoms with Crippen molar-refractivity contribution in [2.24, 2.45) is 0 Å². The van der Waals surface area contributed by atoms with Gasteiger partial charge in [0.1, 0.15) is 13.2 Å². The lowest BCUT2D eigenvalue weighted by molar-refractivity contribution is -0.167. The number of carbonyl (C=O) groups excluding carboxylic acids is 3. The van der Waals surface area contributed by atoms with Crippen LogP contribution >= 0.6 is 0 Å². The van der Waals surface area contributed by atoms with Crippen LogP contribution in [-0.4, -0.2) is 37.2 Å². The molecule has 6 nitrogen and oxygen atoms in total. The average Bonchev–Trinajstić information content (AvgIpc) is 3.43. The van der Waals surface area contributed by atoms with Crippen molar-refractivity contribution >= 4 is 17.9 Å². The van der Waals surface area contributed by atoms with E-state index in [0.717, 1.165) is 83.5 Å². The van der Waals surface area contributed by atoms with Gasteiger partial charge in [-0.15, -0.1) is 0 Å². The summed E-state index contributed by atoms with van der Waals surface area (Å²) in [4.78, 5) is 38.3. The van der Waals surface area contributed by atoms with Gasteiger partial charge in [0, 0.05) is 19.3 Å². The Morgan fingerprint density at radius 2 is 0.506 bits per heavy atom. The molecule has 6 heteroatoms. The standard InChI is InChI=1S/C71H130O6/c1-4-7-10-13-16-19-22-25-27-29-30-31-32-33-34-35-36-37-38-39-40-42-43-46-49-52-55-58-61-64-70(73)76-67-68(66-75-69(72)63-60-57-54-51-48-45-24-21-18-15-12-9-6-3)77-71(74)65-62-59-56-53-50-47-44-41-28-26-23-20-17-14-11-8-5-2/h9,12,18,21,29-30,45,48,68H,4-8,10-11,13-17,19-20,22-28,31-44,46-47,49-67H2,1-3H3/b12-9-,21-18-,30-29-,48-45-. The number of rotatable bonds is 63. The summed E-state index contributed by atoms with van der Waals surface area (Å²) in [6.45, 7) is 6.56. The first-order valence-corrected chi connectivity index (χ1v) is 34.1. The molecule has 77 heavy (non-hydrogen) atoms. The average molecular weight is 1080 g/mol. The zero-order chi connectivity index (χ0) is 55.7. The molecule has 0 radical (unpaired) electrons. The molecule has 0 heterocycles. The van der Waals surface area contributed by atoms with Crippen LogP contribution in [0, 0.1) is 0 Å². The van der Waals surface area contributed by atoms with E-state index in [9.17, 15) is 14.4 Å². The fourth-order valence-electron chi connectivity index (χ4n) is 10.2. The van der Waals surface area contributed by atoms with Crippen molar-refractivity contribution in [3.63, 3.8) is 0 Å². The Kier molecular flexibility index (Phi) is 63.6.